The van der Waals surface area contributed by atoms with Crippen LogP contribution in [0, 0.1) is 20.2 Å². The Morgan fingerprint density at radius 2 is 1.04 bits per heavy atom. The summed E-state index contributed by atoms with van der Waals surface area (Å²) in [6, 6.07) is 10.1. The molecule has 120 valence electrons. The van der Waals surface area contributed by atoms with E-state index in [1.54, 1.807) is 0 Å². The number of ether oxygens (including phenoxy) is 2. The van der Waals surface area contributed by atoms with Gasteiger partial charge >= 0.3 is 4.71 Å². The third kappa shape index (κ3) is 4.70. The molecule has 0 aliphatic heterocycles. The molecule has 0 fully saturated rings. The summed E-state index contributed by atoms with van der Waals surface area (Å²) in [5.74, 6) is 0.282. The van der Waals surface area contributed by atoms with Crippen molar-refractivity contribution in [2.24, 2.45) is 0 Å². The minimum atomic E-state index is -2.12. The van der Waals surface area contributed by atoms with E-state index in [9.17, 15) is 20.2 Å². The van der Waals surface area contributed by atoms with Crippen LogP contribution in [0.4, 0.5) is 11.4 Å². The fourth-order valence-electron chi connectivity index (χ4n) is 1.57. The topological polar surface area (TPSA) is 105 Å². The molecule has 0 N–H and O–H groups in total. The van der Waals surface area contributed by atoms with Crippen molar-refractivity contribution in [3.63, 3.8) is 0 Å². The first-order valence-corrected chi connectivity index (χ1v) is 6.77. The van der Waals surface area contributed by atoms with Gasteiger partial charge in [-0.25, -0.2) is 0 Å². The number of alkyl halides is 2. The number of halogens is 2. The summed E-state index contributed by atoms with van der Waals surface area (Å²) in [7, 11) is 0. The van der Waals surface area contributed by atoms with Crippen LogP contribution in [-0.2, 0) is 0 Å². The molecule has 2 rings (SSSR count). The van der Waals surface area contributed by atoms with Gasteiger partial charge in [0, 0.05) is 24.3 Å². The van der Waals surface area contributed by atoms with Crippen LogP contribution < -0.4 is 9.47 Å². The Kier molecular flexibility index (Phi) is 4.87. The number of hydrogen-bond acceptors (Lipinski definition) is 6. The van der Waals surface area contributed by atoms with Gasteiger partial charge < -0.3 is 9.47 Å². The van der Waals surface area contributed by atoms with Crippen LogP contribution in [0.25, 0.3) is 0 Å². The van der Waals surface area contributed by atoms with Crippen LogP contribution in [0.15, 0.2) is 48.5 Å². The van der Waals surface area contributed by atoms with Gasteiger partial charge in [0.1, 0.15) is 11.5 Å². The standard InChI is InChI=1S/C13H8Cl2N2O6/c14-13(15,22-11-5-1-9(2-6-11)16(18)19)23-12-7-3-10(4-8-12)17(20)21/h1-8H. The number of rotatable bonds is 6. The fraction of sp³-hybridized carbons (Fsp3) is 0.0769. The first-order valence-electron chi connectivity index (χ1n) is 6.01. The van der Waals surface area contributed by atoms with Gasteiger partial charge in [0.15, 0.2) is 0 Å². The Balaban J connectivity index is 2.06. The summed E-state index contributed by atoms with van der Waals surface area (Å²) in [4.78, 5) is 20.0. The second kappa shape index (κ2) is 6.67. The molecule has 0 saturated carbocycles. The highest BCUT2D eigenvalue weighted by molar-refractivity contribution is 6.46. The van der Waals surface area contributed by atoms with E-state index in [0.717, 1.165) is 0 Å². The molecular weight excluding hydrogens is 351 g/mol. The lowest BCUT2D eigenvalue weighted by atomic mass is 10.3. The minimum absolute atomic E-state index is 0.122. The number of benzene rings is 2. The lowest BCUT2D eigenvalue weighted by molar-refractivity contribution is -0.385. The molecule has 0 spiro atoms. The van der Waals surface area contributed by atoms with Gasteiger partial charge in [-0.1, -0.05) is 0 Å². The molecule has 2 aromatic carbocycles. The second-order valence-corrected chi connectivity index (χ2v) is 5.36. The summed E-state index contributed by atoms with van der Waals surface area (Å²) in [5, 5.41) is 21.1. The average molecular weight is 359 g/mol. The van der Waals surface area contributed by atoms with E-state index >= 15 is 0 Å². The van der Waals surface area contributed by atoms with Crippen molar-refractivity contribution in [2.75, 3.05) is 0 Å². The van der Waals surface area contributed by atoms with Gasteiger partial charge in [0.2, 0.25) is 0 Å². The maximum atomic E-state index is 10.6. The van der Waals surface area contributed by atoms with Crippen molar-refractivity contribution in [1.82, 2.24) is 0 Å². The van der Waals surface area contributed by atoms with Gasteiger partial charge in [0.25, 0.3) is 11.4 Å². The highest BCUT2D eigenvalue weighted by Crippen LogP contribution is 2.31. The van der Waals surface area contributed by atoms with Crippen LogP contribution in [0.2, 0.25) is 0 Å². The lowest BCUT2D eigenvalue weighted by Crippen LogP contribution is -2.29. The van der Waals surface area contributed by atoms with Crippen molar-refractivity contribution in [2.45, 2.75) is 4.71 Å². The molecular formula is C13H8Cl2N2O6. The monoisotopic (exact) mass is 358 g/mol. The predicted octanol–water partition coefficient (Wildman–Crippen LogP) is 4.05. The van der Waals surface area contributed by atoms with E-state index in [2.05, 4.69) is 0 Å². The van der Waals surface area contributed by atoms with Crippen LogP contribution in [0.3, 0.4) is 0 Å². The molecule has 0 aliphatic carbocycles. The Hall–Kier alpha value is -2.58. The molecule has 2 aromatic rings. The van der Waals surface area contributed by atoms with Gasteiger partial charge in [-0.05, 0) is 47.5 Å². The Labute approximate surface area is 139 Å². The molecule has 0 radical (unpaired) electrons. The minimum Gasteiger partial charge on any atom is -0.427 e. The quantitative estimate of drug-likeness (QED) is 0.333. The van der Waals surface area contributed by atoms with Gasteiger partial charge in [-0.2, -0.15) is 0 Å². The molecule has 0 atom stereocenters. The zero-order valence-electron chi connectivity index (χ0n) is 11.2. The molecule has 0 amide bonds. The summed E-state index contributed by atoms with van der Waals surface area (Å²) >= 11 is 11.7. The second-order valence-electron chi connectivity index (χ2n) is 4.17. The number of hydrogen-bond donors (Lipinski definition) is 0. The van der Waals surface area contributed by atoms with E-state index in [1.807, 2.05) is 0 Å². The molecule has 0 aliphatic rings. The van der Waals surface area contributed by atoms with E-state index < -0.39 is 14.6 Å². The number of nitrogens with zero attached hydrogens (tertiary/aromatic N) is 2. The summed E-state index contributed by atoms with van der Waals surface area (Å²) < 4.78 is 8.22. The summed E-state index contributed by atoms with van der Waals surface area (Å²) in [5.41, 5.74) is -0.244. The summed E-state index contributed by atoms with van der Waals surface area (Å²) in [6.45, 7) is 0. The van der Waals surface area contributed by atoms with Crippen LogP contribution in [0.1, 0.15) is 0 Å². The first-order chi connectivity index (χ1) is 10.8. The van der Waals surface area contributed by atoms with Gasteiger partial charge in [-0.15, -0.1) is 0 Å². The molecule has 0 unspecified atom stereocenters. The average Bonchev–Trinajstić information content (AvgIpc) is 2.47. The van der Waals surface area contributed by atoms with E-state index in [4.69, 9.17) is 32.7 Å². The Bertz CT molecular complexity index is 657. The van der Waals surface area contributed by atoms with Crippen molar-refractivity contribution in [3.05, 3.63) is 68.8 Å². The molecule has 0 heterocycles. The van der Waals surface area contributed by atoms with Crippen LogP contribution in [-0.4, -0.2) is 14.6 Å². The zero-order chi connectivity index (χ0) is 17.0. The zero-order valence-corrected chi connectivity index (χ0v) is 12.7. The molecule has 10 heteroatoms. The van der Waals surface area contributed by atoms with Crippen LogP contribution >= 0.6 is 23.2 Å². The van der Waals surface area contributed by atoms with Gasteiger partial charge in [0.05, 0.1) is 9.85 Å². The number of non-ortho nitro benzene ring substituents is 2. The van der Waals surface area contributed by atoms with Crippen molar-refractivity contribution in [3.8, 4) is 11.5 Å². The lowest BCUT2D eigenvalue weighted by Gasteiger charge is -2.21. The maximum absolute atomic E-state index is 10.6. The van der Waals surface area contributed by atoms with Crippen LogP contribution in [0.5, 0.6) is 11.5 Å². The summed E-state index contributed by atoms with van der Waals surface area (Å²) in [6.07, 6.45) is 0. The predicted molar refractivity (Wildman–Crippen MR) is 81.9 cm³/mol. The third-order valence-electron chi connectivity index (χ3n) is 2.57. The Morgan fingerprint density at radius 3 is 1.30 bits per heavy atom. The fourth-order valence-corrected chi connectivity index (χ4v) is 1.92. The van der Waals surface area contributed by atoms with Gasteiger partial charge in [-0.3, -0.25) is 20.2 Å². The molecule has 0 bridgehead atoms. The van der Waals surface area contributed by atoms with Crippen molar-refractivity contribution < 1.29 is 19.3 Å². The highest BCUT2D eigenvalue weighted by Gasteiger charge is 2.29. The van der Waals surface area contributed by atoms with E-state index in [0.29, 0.717) is 0 Å². The Morgan fingerprint density at radius 1 is 0.739 bits per heavy atom. The van der Waals surface area contributed by atoms with E-state index in [1.165, 1.54) is 48.5 Å². The SMILES string of the molecule is O=[N+]([O-])c1ccc(OC(Cl)(Cl)Oc2ccc([N+](=O)[O-])cc2)cc1. The normalized spacial score (nSPS) is 10.9. The highest BCUT2D eigenvalue weighted by atomic mass is 35.5. The number of nitro benzene ring substituents is 2. The van der Waals surface area contributed by atoms with Crippen molar-refractivity contribution >= 4 is 34.6 Å². The first kappa shape index (κ1) is 16.8. The molecule has 23 heavy (non-hydrogen) atoms. The smallest absolute Gasteiger partial charge is 0.419 e. The molecule has 0 saturated heterocycles. The largest absolute Gasteiger partial charge is 0.427 e. The maximum Gasteiger partial charge on any atom is 0.419 e. The van der Waals surface area contributed by atoms with E-state index in [-0.39, 0.29) is 22.9 Å². The molecule has 8 nitrogen and oxygen atoms in total. The third-order valence-corrected chi connectivity index (χ3v) is 2.88. The number of nitro groups is 2. The van der Waals surface area contributed by atoms with Crippen molar-refractivity contribution in [1.29, 1.82) is 0 Å². The molecule has 0 aromatic heterocycles.